The number of benzene rings is 1. The molecule has 0 aliphatic carbocycles. The lowest BCUT2D eigenvalue weighted by atomic mass is 10.1. The zero-order valence-electron chi connectivity index (χ0n) is 9.17. The maximum atomic E-state index is 2.20. The summed E-state index contributed by atoms with van der Waals surface area (Å²) in [6, 6.07) is 16.8. The van der Waals surface area contributed by atoms with Crippen LogP contribution in [0.3, 0.4) is 0 Å². The maximum absolute atomic E-state index is 2.20. The van der Waals surface area contributed by atoms with Crippen LogP contribution in [0.4, 0.5) is 0 Å². The van der Waals surface area contributed by atoms with Crippen LogP contribution in [0.15, 0.2) is 61.1 Å². The Kier molecular flexibility index (Phi) is 2.00. The zero-order valence-corrected chi connectivity index (χ0v) is 9.17. The second-order valence-corrected chi connectivity index (χ2v) is 3.98. The van der Waals surface area contributed by atoms with E-state index in [9.17, 15) is 0 Å². The molecular formula is C14H13N2+. The van der Waals surface area contributed by atoms with Gasteiger partial charge in [0.25, 0.3) is 0 Å². The van der Waals surface area contributed by atoms with Crippen molar-refractivity contribution in [3.05, 3.63) is 61.1 Å². The van der Waals surface area contributed by atoms with E-state index >= 15 is 0 Å². The van der Waals surface area contributed by atoms with Crippen LogP contribution in [-0.4, -0.2) is 4.40 Å². The largest absolute Gasteiger partial charge is 0.249 e. The van der Waals surface area contributed by atoms with E-state index in [4.69, 9.17) is 0 Å². The van der Waals surface area contributed by atoms with Crippen LogP contribution in [0.25, 0.3) is 16.8 Å². The highest BCUT2D eigenvalue weighted by Crippen LogP contribution is 2.19. The van der Waals surface area contributed by atoms with Crippen molar-refractivity contribution in [2.45, 2.75) is 0 Å². The van der Waals surface area contributed by atoms with Gasteiger partial charge in [0.1, 0.15) is 11.9 Å². The van der Waals surface area contributed by atoms with Crippen molar-refractivity contribution in [2.75, 3.05) is 0 Å². The molecule has 2 nitrogen and oxygen atoms in total. The molecule has 0 saturated carbocycles. The average Bonchev–Trinajstić information content (AvgIpc) is 2.70. The normalized spacial score (nSPS) is 10.8. The maximum Gasteiger partial charge on any atom is 0.249 e. The van der Waals surface area contributed by atoms with Crippen LogP contribution in [0.2, 0.25) is 0 Å². The summed E-state index contributed by atoms with van der Waals surface area (Å²) in [5, 5.41) is 0. The number of hydrogen-bond donors (Lipinski definition) is 0. The van der Waals surface area contributed by atoms with Crippen LogP contribution in [-0.2, 0) is 7.05 Å². The highest BCUT2D eigenvalue weighted by atomic mass is 15.1. The first-order valence-corrected chi connectivity index (χ1v) is 5.36. The molecule has 0 saturated heterocycles. The highest BCUT2D eigenvalue weighted by molar-refractivity contribution is 5.63. The van der Waals surface area contributed by atoms with Crippen molar-refractivity contribution in [3.8, 4) is 11.3 Å². The topological polar surface area (TPSA) is 8.29 Å². The van der Waals surface area contributed by atoms with Crippen molar-refractivity contribution >= 4 is 5.52 Å². The van der Waals surface area contributed by atoms with Crippen molar-refractivity contribution < 1.29 is 4.57 Å². The molecule has 0 aliphatic rings. The molecule has 2 aromatic heterocycles. The molecule has 0 amide bonds. The van der Waals surface area contributed by atoms with Gasteiger partial charge in [-0.2, -0.15) is 4.40 Å². The van der Waals surface area contributed by atoms with Gasteiger partial charge in [-0.15, -0.1) is 0 Å². The third-order valence-corrected chi connectivity index (χ3v) is 2.76. The van der Waals surface area contributed by atoms with Crippen molar-refractivity contribution in [1.82, 2.24) is 4.40 Å². The average molecular weight is 209 g/mol. The highest BCUT2D eigenvalue weighted by Gasteiger charge is 2.09. The fraction of sp³-hybridized carbons (Fsp3) is 0.0714. The summed E-state index contributed by atoms with van der Waals surface area (Å²) in [6.45, 7) is 0. The molecule has 0 unspecified atom stereocenters. The Bertz CT molecular complexity index is 624. The minimum absolute atomic E-state index is 1.21. The predicted molar refractivity (Wildman–Crippen MR) is 64.0 cm³/mol. The summed E-state index contributed by atoms with van der Waals surface area (Å²) in [5.41, 5.74) is 3.67. The first-order chi connectivity index (χ1) is 7.84. The van der Waals surface area contributed by atoms with Crippen LogP contribution in [0, 0.1) is 0 Å². The summed E-state index contributed by atoms with van der Waals surface area (Å²) >= 11 is 0. The van der Waals surface area contributed by atoms with Gasteiger partial charge in [-0.1, -0.05) is 36.4 Å². The number of imidazole rings is 1. The predicted octanol–water partition coefficient (Wildman–Crippen LogP) is 2.43. The molecule has 2 heteroatoms. The molecule has 16 heavy (non-hydrogen) atoms. The van der Waals surface area contributed by atoms with Gasteiger partial charge in [0.05, 0.1) is 7.05 Å². The van der Waals surface area contributed by atoms with Gasteiger partial charge in [-0.05, 0) is 12.1 Å². The lowest BCUT2D eigenvalue weighted by Crippen LogP contribution is -2.23. The second-order valence-electron chi connectivity index (χ2n) is 3.98. The van der Waals surface area contributed by atoms with E-state index in [1.165, 1.54) is 16.8 Å². The summed E-state index contributed by atoms with van der Waals surface area (Å²) < 4.78 is 4.27. The van der Waals surface area contributed by atoms with Crippen LogP contribution in [0.5, 0.6) is 0 Å². The molecule has 0 radical (unpaired) electrons. The molecule has 0 spiro atoms. The lowest BCUT2D eigenvalue weighted by molar-refractivity contribution is -0.669. The zero-order chi connectivity index (χ0) is 11.0. The van der Waals surface area contributed by atoms with Gasteiger partial charge < -0.3 is 0 Å². The Morgan fingerprint density at radius 2 is 1.75 bits per heavy atom. The van der Waals surface area contributed by atoms with E-state index in [0.29, 0.717) is 0 Å². The summed E-state index contributed by atoms with van der Waals surface area (Å²) in [6.07, 6.45) is 4.21. The SMILES string of the molecule is C[n+]1cc2cccc(-c3ccccc3)n2c1. The van der Waals surface area contributed by atoms with Gasteiger partial charge in [0.2, 0.25) is 6.33 Å². The summed E-state index contributed by atoms with van der Waals surface area (Å²) in [5.74, 6) is 0. The molecule has 0 atom stereocenters. The molecular weight excluding hydrogens is 196 g/mol. The van der Waals surface area contributed by atoms with Gasteiger partial charge in [0, 0.05) is 5.56 Å². The fourth-order valence-corrected chi connectivity index (χ4v) is 2.04. The minimum Gasteiger partial charge on any atom is -0.239 e. The molecule has 78 valence electrons. The van der Waals surface area contributed by atoms with Gasteiger partial charge in [-0.3, -0.25) is 0 Å². The van der Waals surface area contributed by atoms with Crippen molar-refractivity contribution in [2.24, 2.45) is 7.05 Å². The molecule has 1 aromatic carbocycles. The summed E-state index contributed by atoms with van der Waals surface area (Å²) in [4.78, 5) is 0. The summed E-state index contributed by atoms with van der Waals surface area (Å²) in [7, 11) is 2.04. The van der Waals surface area contributed by atoms with Crippen molar-refractivity contribution in [3.63, 3.8) is 0 Å². The van der Waals surface area contributed by atoms with Gasteiger partial charge in [0.15, 0.2) is 5.52 Å². The van der Waals surface area contributed by atoms with E-state index in [1.54, 1.807) is 0 Å². The third-order valence-electron chi connectivity index (χ3n) is 2.76. The van der Waals surface area contributed by atoms with E-state index in [2.05, 4.69) is 64.0 Å². The Hall–Kier alpha value is -2.09. The standard InChI is InChI=1S/C14H13N2/c1-15-10-13-8-5-9-14(16(13)11-15)12-6-3-2-4-7-12/h2-11H,1H3/q+1. The first kappa shape index (κ1) is 9.16. The van der Waals surface area contributed by atoms with E-state index in [1.807, 2.05) is 13.1 Å². The van der Waals surface area contributed by atoms with Gasteiger partial charge in [-0.25, -0.2) is 4.57 Å². The Labute approximate surface area is 94.4 Å². The Morgan fingerprint density at radius 3 is 2.56 bits per heavy atom. The number of rotatable bonds is 1. The molecule has 0 aliphatic heterocycles. The first-order valence-electron chi connectivity index (χ1n) is 5.36. The molecule has 0 bridgehead atoms. The van der Waals surface area contributed by atoms with Crippen LogP contribution < -0.4 is 4.57 Å². The molecule has 0 fully saturated rings. The van der Waals surface area contributed by atoms with Crippen LogP contribution >= 0.6 is 0 Å². The number of nitrogens with zero attached hydrogens (tertiary/aromatic N) is 2. The second kappa shape index (κ2) is 3.49. The van der Waals surface area contributed by atoms with Crippen molar-refractivity contribution in [1.29, 1.82) is 0 Å². The third kappa shape index (κ3) is 1.39. The minimum atomic E-state index is 1.21. The lowest BCUT2D eigenvalue weighted by Gasteiger charge is -1.99. The molecule has 3 rings (SSSR count). The number of fused-ring (bicyclic) bond motifs is 1. The smallest absolute Gasteiger partial charge is 0.239 e. The van der Waals surface area contributed by atoms with E-state index < -0.39 is 0 Å². The van der Waals surface area contributed by atoms with Gasteiger partial charge >= 0.3 is 0 Å². The Morgan fingerprint density at radius 1 is 0.938 bits per heavy atom. The monoisotopic (exact) mass is 209 g/mol. The quantitative estimate of drug-likeness (QED) is 0.544. The molecule has 0 N–H and O–H groups in total. The molecule has 2 heterocycles. The van der Waals surface area contributed by atoms with Crippen LogP contribution in [0.1, 0.15) is 0 Å². The van der Waals surface area contributed by atoms with E-state index in [-0.39, 0.29) is 0 Å². The number of aryl methyl sites for hydroxylation is 1. The number of hydrogen-bond acceptors (Lipinski definition) is 0. The Balaban J connectivity index is 2.31. The van der Waals surface area contributed by atoms with E-state index in [0.717, 1.165) is 0 Å². The number of aromatic nitrogens is 2. The number of pyridine rings is 1. The molecule has 3 aromatic rings. The fourth-order valence-electron chi connectivity index (χ4n) is 2.04.